The van der Waals surface area contributed by atoms with Gasteiger partial charge in [-0.2, -0.15) is 0 Å². The van der Waals surface area contributed by atoms with Crippen LogP contribution in [0.3, 0.4) is 0 Å². The molecule has 0 amide bonds. The number of nitrogens with two attached hydrogens (primary N) is 1. The molecule has 5 heteroatoms. The van der Waals surface area contributed by atoms with Crippen molar-refractivity contribution in [3.8, 4) is 0 Å². The monoisotopic (exact) mass is 279 g/mol. The molecule has 1 aromatic carbocycles. The van der Waals surface area contributed by atoms with Gasteiger partial charge in [-0.15, -0.1) is 0 Å². The Hall–Kier alpha value is -1.43. The van der Waals surface area contributed by atoms with Gasteiger partial charge >= 0.3 is 5.97 Å². The minimum Gasteiger partial charge on any atom is -0.480 e. The zero-order chi connectivity index (χ0) is 14.4. The summed E-state index contributed by atoms with van der Waals surface area (Å²) in [6, 6.07) is 7.11. The maximum atomic E-state index is 10.7. The summed E-state index contributed by atoms with van der Waals surface area (Å²) in [6.45, 7) is 1.40. The Morgan fingerprint density at radius 2 is 1.85 bits per heavy atom. The van der Waals surface area contributed by atoms with Gasteiger partial charge in [0.15, 0.2) is 6.29 Å². The lowest BCUT2D eigenvalue weighted by Gasteiger charge is -2.09. The van der Waals surface area contributed by atoms with Gasteiger partial charge < -0.3 is 20.3 Å². The first kappa shape index (κ1) is 15.0. The van der Waals surface area contributed by atoms with E-state index in [1.807, 2.05) is 24.3 Å². The lowest BCUT2D eigenvalue weighted by atomic mass is 10.0. The molecule has 1 fully saturated rings. The van der Waals surface area contributed by atoms with E-state index in [0.29, 0.717) is 19.6 Å². The van der Waals surface area contributed by atoms with Gasteiger partial charge in [0.1, 0.15) is 6.04 Å². The van der Waals surface area contributed by atoms with Gasteiger partial charge in [0.25, 0.3) is 0 Å². The van der Waals surface area contributed by atoms with Crippen molar-refractivity contribution in [1.82, 2.24) is 0 Å². The van der Waals surface area contributed by atoms with Crippen molar-refractivity contribution in [2.45, 2.75) is 38.0 Å². The number of carboxylic acids is 1. The average molecular weight is 279 g/mol. The first-order chi connectivity index (χ1) is 9.65. The van der Waals surface area contributed by atoms with E-state index in [0.717, 1.165) is 24.8 Å². The minimum absolute atomic E-state index is 0.0390. The van der Waals surface area contributed by atoms with Gasteiger partial charge in [-0.3, -0.25) is 4.79 Å². The van der Waals surface area contributed by atoms with Crippen molar-refractivity contribution in [3.63, 3.8) is 0 Å². The second-order valence-corrected chi connectivity index (χ2v) is 5.03. The van der Waals surface area contributed by atoms with E-state index < -0.39 is 12.0 Å². The van der Waals surface area contributed by atoms with Crippen molar-refractivity contribution in [1.29, 1.82) is 0 Å². The fourth-order valence-electron chi connectivity index (χ4n) is 2.23. The summed E-state index contributed by atoms with van der Waals surface area (Å²) in [7, 11) is 0. The highest BCUT2D eigenvalue weighted by molar-refractivity contribution is 5.73. The maximum Gasteiger partial charge on any atom is 0.320 e. The summed E-state index contributed by atoms with van der Waals surface area (Å²) in [6.07, 6.45) is 3.21. The third kappa shape index (κ3) is 4.59. The topological polar surface area (TPSA) is 81.8 Å². The molecule has 20 heavy (non-hydrogen) atoms. The molecule has 0 aliphatic carbocycles. The summed E-state index contributed by atoms with van der Waals surface area (Å²) >= 11 is 0. The summed E-state index contributed by atoms with van der Waals surface area (Å²) in [5.74, 6) is -0.967. The Kier molecular flexibility index (Phi) is 5.52. The number of carbonyl (C=O) groups is 1. The Labute approximate surface area is 118 Å². The third-order valence-corrected chi connectivity index (χ3v) is 3.39. The Bertz CT molecular complexity index is 426. The number of hydrogen-bond acceptors (Lipinski definition) is 4. The van der Waals surface area contributed by atoms with Gasteiger partial charge in [0.05, 0.1) is 13.2 Å². The fourth-order valence-corrected chi connectivity index (χ4v) is 2.23. The zero-order valence-electron chi connectivity index (χ0n) is 11.5. The molecule has 5 nitrogen and oxygen atoms in total. The Morgan fingerprint density at radius 3 is 2.45 bits per heavy atom. The first-order valence-electron chi connectivity index (χ1n) is 6.94. The predicted molar refractivity (Wildman–Crippen MR) is 74.4 cm³/mol. The molecule has 0 bridgehead atoms. The summed E-state index contributed by atoms with van der Waals surface area (Å²) in [4.78, 5) is 10.7. The number of benzene rings is 1. The zero-order valence-corrected chi connectivity index (χ0v) is 11.5. The SMILES string of the molecule is NC(Cc1ccc(CCCC2OCCO2)cc1)C(=O)O. The average Bonchev–Trinajstić information content (AvgIpc) is 2.94. The van der Waals surface area contributed by atoms with Gasteiger partial charge in [-0.1, -0.05) is 24.3 Å². The highest BCUT2D eigenvalue weighted by Gasteiger charge is 2.15. The molecule has 2 rings (SSSR count). The van der Waals surface area contributed by atoms with E-state index in [2.05, 4.69) is 0 Å². The van der Waals surface area contributed by atoms with Crippen LogP contribution in [0.2, 0.25) is 0 Å². The Balaban J connectivity index is 1.74. The molecular weight excluding hydrogens is 258 g/mol. The molecule has 0 saturated carbocycles. The lowest BCUT2D eigenvalue weighted by molar-refractivity contribution is -0.138. The van der Waals surface area contributed by atoms with Crippen LogP contribution in [0.1, 0.15) is 24.0 Å². The smallest absolute Gasteiger partial charge is 0.320 e. The molecule has 0 spiro atoms. The van der Waals surface area contributed by atoms with Crippen LogP contribution >= 0.6 is 0 Å². The molecule has 1 aliphatic heterocycles. The molecule has 1 aliphatic rings. The van der Waals surface area contributed by atoms with Crippen molar-refractivity contribution >= 4 is 5.97 Å². The largest absolute Gasteiger partial charge is 0.480 e. The molecular formula is C15H21NO4. The molecule has 1 atom stereocenters. The number of hydrogen-bond donors (Lipinski definition) is 2. The van der Waals surface area contributed by atoms with Crippen LogP contribution in [0.15, 0.2) is 24.3 Å². The first-order valence-corrected chi connectivity index (χ1v) is 6.94. The molecule has 0 radical (unpaired) electrons. The maximum absolute atomic E-state index is 10.7. The van der Waals surface area contributed by atoms with Gasteiger partial charge in [-0.25, -0.2) is 0 Å². The van der Waals surface area contributed by atoms with E-state index >= 15 is 0 Å². The second-order valence-electron chi connectivity index (χ2n) is 5.03. The van der Waals surface area contributed by atoms with Gasteiger partial charge in [-0.05, 0) is 36.8 Å². The van der Waals surface area contributed by atoms with Crippen LogP contribution in [0, 0.1) is 0 Å². The molecule has 3 N–H and O–H groups in total. The summed E-state index contributed by atoms with van der Waals surface area (Å²) in [5, 5.41) is 8.77. The van der Waals surface area contributed by atoms with Crippen molar-refractivity contribution < 1.29 is 19.4 Å². The summed E-state index contributed by atoms with van der Waals surface area (Å²) < 4.78 is 10.8. The molecule has 1 saturated heterocycles. The minimum atomic E-state index is -0.967. The van der Waals surface area contributed by atoms with Crippen molar-refractivity contribution in [2.24, 2.45) is 5.73 Å². The summed E-state index contributed by atoms with van der Waals surface area (Å²) in [5.41, 5.74) is 7.69. The number of ether oxygens (including phenoxy) is 2. The van der Waals surface area contributed by atoms with Crippen LogP contribution in [0.25, 0.3) is 0 Å². The van der Waals surface area contributed by atoms with E-state index in [1.54, 1.807) is 0 Å². The molecule has 1 heterocycles. The van der Waals surface area contributed by atoms with Crippen LogP contribution in [0.4, 0.5) is 0 Å². The molecule has 1 unspecified atom stereocenters. The van der Waals surface area contributed by atoms with Crippen LogP contribution in [0.5, 0.6) is 0 Å². The number of carboxylic acid groups (broad SMARTS) is 1. The highest BCUT2D eigenvalue weighted by Crippen LogP contribution is 2.14. The number of aryl methyl sites for hydroxylation is 1. The van der Waals surface area contributed by atoms with Crippen LogP contribution in [-0.4, -0.2) is 36.6 Å². The van der Waals surface area contributed by atoms with E-state index in [4.69, 9.17) is 20.3 Å². The van der Waals surface area contributed by atoms with E-state index in [9.17, 15) is 4.79 Å². The molecule has 0 aromatic heterocycles. The quantitative estimate of drug-likeness (QED) is 0.787. The fraction of sp³-hybridized carbons (Fsp3) is 0.533. The molecule has 110 valence electrons. The van der Waals surface area contributed by atoms with Crippen molar-refractivity contribution in [3.05, 3.63) is 35.4 Å². The van der Waals surface area contributed by atoms with Gasteiger partial charge in [0, 0.05) is 0 Å². The second kappa shape index (κ2) is 7.38. The predicted octanol–water partition coefficient (Wildman–Crippen LogP) is 1.34. The van der Waals surface area contributed by atoms with Crippen LogP contribution in [-0.2, 0) is 27.1 Å². The number of rotatable bonds is 7. The van der Waals surface area contributed by atoms with Crippen molar-refractivity contribution in [2.75, 3.05) is 13.2 Å². The van der Waals surface area contributed by atoms with Crippen LogP contribution < -0.4 is 5.73 Å². The third-order valence-electron chi connectivity index (χ3n) is 3.39. The standard InChI is InChI=1S/C15H21NO4/c16-13(15(17)18)10-12-6-4-11(5-7-12)2-1-3-14-19-8-9-20-14/h4-7,13-14H,1-3,8-10,16H2,(H,17,18). The Morgan fingerprint density at radius 1 is 1.25 bits per heavy atom. The lowest BCUT2D eigenvalue weighted by Crippen LogP contribution is -2.32. The molecule has 1 aromatic rings. The normalized spacial score (nSPS) is 17.2. The van der Waals surface area contributed by atoms with Gasteiger partial charge in [0.2, 0.25) is 0 Å². The van der Waals surface area contributed by atoms with E-state index in [1.165, 1.54) is 5.56 Å². The highest BCUT2D eigenvalue weighted by atomic mass is 16.7. The number of aliphatic carboxylic acids is 1. The van der Waals surface area contributed by atoms with E-state index in [-0.39, 0.29) is 6.29 Å².